The van der Waals surface area contributed by atoms with Crippen molar-refractivity contribution < 1.29 is 0 Å². The maximum atomic E-state index is 5.77. The number of fused-ring (bicyclic) bond motifs is 1. The molecule has 17 heavy (non-hydrogen) atoms. The van der Waals surface area contributed by atoms with Gasteiger partial charge in [-0.15, -0.1) is 0 Å². The molecule has 84 valence electrons. The first kappa shape index (κ1) is 9.97. The summed E-state index contributed by atoms with van der Waals surface area (Å²) in [6.07, 6.45) is 0.926. The molecule has 0 radical (unpaired) electrons. The van der Waals surface area contributed by atoms with Crippen molar-refractivity contribution in [3.8, 4) is 0 Å². The number of hydrogen-bond acceptors (Lipinski definition) is 1. The summed E-state index contributed by atoms with van der Waals surface area (Å²) in [4.78, 5) is 3.42. The van der Waals surface area contributed by atoms with E-state index in [-0.39, 0.29) is 0 Å². The van der Waals surface area contributed by atoms with Crippen LogP contribution in [-0.2, 0) is 6.42 Å². The lowest BCUT2D eigenvalue weighted by Crippen LogP contribution is -1.86. The molecule has 0 saturated carbocycles. The van der Waals surface area contributed by atoms with Crippen molar-refractivity contribution in [3.05, 3.63) is 65.9 Å². The highest BCUT2D eigenvalue weighted by Gasteiger charge is 2.01. The molecule has 3 aromatic rings. The van der Waals surface area contributed by atoms with Gasteiger partial charge in [-0.05, 0) is 29.8 Å². The Kier molecular flexibility index (Phi) is 2.33. The van der Waals surface area contributed by atoms with Crippen molar-refractivity contribution in [1.82, 2.24) is 4.98 Å². The number of benzene rings is 2. The number of nitrogens with one attached hydrogen (secondary N) is 1. The zero-order valence-corrected chi connectivity index (χ0v) is 9.48. The molecule has 0 saturated heterocycles. The van der Waals surface area contributed by atoms with E-state index in [1.165, 1.54) is 16.6 Å². The van der Waals surface area contributed by atoms with Crippen LogP contribution in [0.15, 0.2) is 54.6 Å². The van der Waals surface area contributed by atoms with Crippen LogP contribution in [0.1, 0.15) is 11.3 Å². The quantitative estimate of drug-likeness (QED) is 0.641. The fourth-order valence-corrected chi connectivity index (χ4v) is 2.12. The lowest BCUT2D eigenvalue weighted by Gasteiger charge is -1.97. The summed E-state index contributed by atoms with van der Waals surface area (Å²) in [6, 6.07) is 18.6. The van der Waals surface area contributed by atoms with Crippen LogP contribution in [0.4, 0.5) is 5.69 Å². The highest BCUT2D eigenvalue weighted by atomic mass is 14.7. The lowest BCUT2D eigenvalue weighted by atomic mass is 10.1. The smallest absolute Gasteiger partial charge is 0.0457 e. The van der Waals surface area contributed by atoms with Crippen molar-refractivity contribution in [2.45, 2.75) is 6.42 Å². The number of rotatable bonds is 2. The predicted molar refractivity (Wildman–Crippen MR) is 72.0 cm³/mol. The Hall–Kier alpha value is -2.22. The maximum absolute atomic E-state index is 5.77. The third kappa shape index (κ3) is 2.02. The molecule has 0 spiro atoms. The minimum absolute atomic E-state index is 0.808. The van der Waals surface area contributed by atoms with Crippen LogP contribution < -0.4 is 5.73 Å². The molecular formula is C15H14N2. The topological polar surface area (TPSA) is 41.8 Å². The Morgan fingerprint density at radius 2 is 1.76 bits per heavy atom. The highest BCUT2D eigenvalue weighted by Crippen LogP contribution is 2.20. The van der Waals surface area contributed by atoms with E-state index in [0.717, 1.165) is 17.6 Å². The van der Waals surface area contributed by atoms with Crippen molar-refractivity contribution in [1.29, 1.82) is 0 Å². The summed E-state index contributed by atoms with van der Waals surface area (Å²) in [5.41, 5.74) is 10.3. The molecule has 0 unspecified atom stereocenters. The highest BCUT2D eigenvalue weighted by molar-refractivity contribution is 5.83. The number of nitrogens with two attached hydrogens (primary N) is 1. The van der Waals surface area contributed by atoms with Gasteiger partial charge in [0, 0.05) is 28.7 Å². The minimum atomic E-state index is 0.808. The van der Waals surface area contributed by atoms with E-state index in [2.05, 4.69) is 35.3 Å². The van der Waals surface area contributed by atoms with E-state index in [9.17, 15) is 0 Å². The van der Waals surface area contributed by atoms with E-state index in [0.29, 0.717) is 0 Å². The average Bonchev–Trinajstić information content (AvgIpc) is 2.71. The van der Waals surface area contributed by atoms with Crippen LogP contribution in [0, 0.1) is 0 Å². The zero-order chi connectivity index (χ0) is 11.7. The molecule has 2 heteroatoms. The van der Waals surface area contributed by atoms with E-state index >= 15 is 0 Å². The third-order valence-corrected chi connectivity index (χ3v) is 2.94. The van der Waals surface area contributed by atoms with Crippen LogP contribution in [0.5, 0.6) is 0 Å². The van der Waals surface area contributed by atoms with E-state index in [1.807, 2.05) is 24.3 Å². The largest absolute Gasteiger partial charge is 0.399 e. The zero-order valence-electron chi connectivity index (χ0n) is 9.48. The molecule has 0 aliphatic heterocycles. The average molecular weight is 222 g/mol. The van der Waals surface area contributed by atoms with Gasteiger partial charge in [-0.3, -0.25) is 0 Å². The van der Waals surface area contributed by atoms with Crippen LogP contribution in [0.2, 0.25) is 0 Å². The number of anilines is 1. The number of aromatic amines is 1. The Morgan fingerprint density at radius 3 is 2.59 bits per heavy atom. The van der Waals surface area contributed by atoms with Crippen LogP contribution >= 0.6 is 0 Å². The van der Waals surface area contributed by atoms with Gasteiger partial charge in [0.15, 0.2) is 0 Å². The Morgan fingerprint density at radius 1 is 0.941 bits per heavy atom. The molecule has 0 fully saturated rings. The van der Waals surface area contributed by atoms with Gasteiger partial charge in [-0.1, -0.05) is 30.3 Å². The lowest BCUT2D eigenvalue weighted by molar-refractivity contribution is 1.12. The SMILES string of the molecule is Nc1ccc2[nH]c(Cc3ccccc3)cc2c1. The number of nitrogen functional groups attached to an aromatic ring is 1. The maximum Gasteiger partial charge on any atom is 0.0457 e. The first-order valence-electron chi connectivity index (χ1n) is 5.72. The van der Waals surface area contributed by atoms with Gasteiger partial charge >= 0.3 is 0 Å². The van der Waals surface area contributed by atoms with Gasteiger partial charge < -0.3 is 10.7 Å². The van der Waals surface area contributed by atoms with Crippen LogP contribution in [0.25, 0.3) is 10.9 Å². The first-order chi connectivity index (χ1) is 8.31. The van der Waals surface area contributed by atoms with Crippen molar-refractivity contribution in [2.24, 2.45) is 0 Å². The standard InChI is InChI=1S/C15H14N2/c16-13-6-7-15-12(9-13)10-14(17-15)8-11-4-2-1-3-5-11/h1-7,9-10,17H,8,16H2. The molecule has 0 amide bonds. The summed E-state index contributed by atoms with van der Waals surface area (Å²) in [5, 5.41) is 1.18. The Bertz CT molecular complexity index is 638. The van der Waals surface area contributed by atoms with Gasteiger partial charge in [0.05, 0.1) is 0 Å². The predicted octanol–water partition coefficient (Wildman–Crippen LogP) is 3.34. The Labute approximate surface area is 100 Å². The van der Waals surface area contributed by atoms with Gasteiger partial charge in [0.2, 0.25) is 0 Å². The molecule has 0 aliphatic carbocycles. The van der Waals surface area contributed by atoms with E-state index in [4.69, 9.17) is 5.73 Å². The van der Waals surface area contributed by atoms with Crippen molar-refractivity contribution in [3.63, 3.8) is 0 Å². The minimum Gasteiger partial charge on any atom is -0.399 e. The van der Waals surface area contributed by atoms with Crippen LogP contribution in [0.3, 0.4) is 0 Å². The molecule has 1 aromatic heterocycles. The second-order valence-corrected chi connectivity index (χ2v) is 4.30. The molecule has 1 heterocycles. The normalized spacial score (nSPS) is 10.8. The van der Waals surface area contributed by atoms with Gasteiger partial charge in [-0.25, -0.2) is 0 Å². The molecule has 3 rings (SSSR count). The Balaban J connectivity index is 1.96. The van der Waals surface area contributed by atoms with Crippen LogP contribution in [-0.4, -0.2) is 4.98 Å². The monoisotopic (exact) mass is 222 g/mol. The molecule has 0 bridgehead atoms. The first-order valence-corrected chi connectivity index (χ1v) is 5.72. The summed E-state index contributed by atoms with van der Waals surface area (Å²) in [7, 11) is 0. The van der Waals surface area contributed by atoms with Gasteiger partial charge in [0.1, 0.15) is 0 Å². The molecule has 2 aromatic carbocycles. The molecule has 0 aliphatic rings. The molecule has 2 nitrogen and oxygen atoms in total. The van der Waals surface area contributed by atoms with Crippen molar-refractivity contribution >= 4 is 16.6 Å². The summed E-state index contributed by atoms with van der Waals surface area (Å²) in [5.74, 6) is 0. The summed E-state index contributed by atoms with van der Waals surface area (Å²) in [6.45, 7) is 0. The number of H-pyrrole nitrogens is 1. The fourth-order valence-electron chi connectivity index (χ4n) is 2.12. The second-order valence-electron chi connectivity index (χ2n) is 4.30. The fraction of sp³-hybridized carbons (Fsp3) is 0.0667. The van der Waals surface area contributed by atoms with Crippen molar-refractivity contribution in [2.75, 3.05) is 5.73 Å². The van der Waals surface area contributed by atoms with Gasteiger partial charge in [0.25, 0.3) is 0 Å². The molecular weight excluding hydrogens is 208 g/mol. The third-order valence-electron chi connectivity index (χ3n) is 2.94. The van der Waals surface area contributed by atoms with E-state index < -0.39 is 0 Å². The summed E-state index contributed by atoms with van der Waals surface area (Å²) < 4.78 is 0. The number of aromatic nitrogens is 1. The molecule has 3 N–H and O–H groups in total. The second kappa shape index (κ2) is 3.98. The number of hydrogen-bond donors (Lipinski definition) is 2. The molecule has 0 atom stereocenters. The summed E-state index contributed by atoms with van der Waals surface area (Å²) >= 11 is 0. The van der Waals surface area contributed by atoms with E-state index in [1.54, 1.807) is 0 Å². The van der Waals surface area contributed by atoms with Gasteiger partial charge in [-0.2, -0.15) is 0 Å².